The fourth-order valence-electron chi connectivity index (χ4n) is 3.39. The maximum absolute atomic E-state index is 4.95. The van der Waals surface area contributed by atoms with Crippen molar-refractivity contribution in [1.82, 2.24) is 9.55 Å². The minimum atomic E-state index is 1.06. The highest BCUT2D eigenvalue weighted by atomic mass is 32.2. The van der Waals surface area contributed by atoms with E-state index in [0.29, 0.717) is 0 Å². The van der Waals surface area contributed by atoms with Crippen LogP contribution in [0.15, 0.2) is 59.5 Å². The lowest BCUT2D eigenvalue weighted by Crippen LogP contribution is -1.96. The molecule has 2 heterocycles. The van der Waals surface area contributed by atoms with Crippen molar-refractivity contribution in [2.24, 2.45) is 7.05 Å². The molecule has 0 atom stereocenters. The van der Waals surface area contributed by atoms with Crippen LogP contribution in [0.2, 0.25) is 0 Å². The maximum Gasteiger partial charge on any atom is 0.142 e. The molecule has 0 aliphatic heterocycles. The zero-order valence-electron chi connectivity index (χ0n) is 13.5. The van der Waals surface area contributed by atoms with Crippen LogP contribution in [-0.4, -0.2) is 15.8 Å². The first-order chi connectivity index (χ1) is 11.2. The van der Waals surface area contributed by atoms with E-state index in [0.717, 1.165) is 11.3 Å². The van der Waals surface area contributed by atoms with Gasteiger partial charge in [0.2, 0.25) is 0 Å². The second-order valence-electron chi connectivity index (χ2n) is 5.75. The molecular weight excluding hydrogens is 300 g/mol. The second-order valence-corrected chi connectivity index (χ2v) is 6.56. The molecule has 0 aliphatic rings. The molecular formula is C20H18N2S. The topological polar surface area (TPSA) is 17.8 Å². The number of rotatable bonds is 2. The predicted octanol–water partition coefficient (Wildman–Crippen LogP) is 5.42. The molecule has 0 spiro atoms. The number of hydrogen-bond donors (Lipinski definition) is 0. The Morgan fingerprint density at radius 2 is 1.65 bits per heavy atom. The Balaban J connectivity index is 2.21. The normalized spacial score (nSPS) is 11.4. The highest BCUT2D eigenvalue weighted by molar-refractivity contribution is 7.99. The van der Waals surface area contributed by atoms with E-state index < -0.39 is 0 Å². The Kier molecular flexibility index (Phi) is 3.38. The monoisotopic (exact) mass is 318 g/mol. The van der Waals surface area contributed by atoms with E-state index in [1.807, 2.05) is 11.8 Å². The van der Waals surface area contributed by atoms with Crippen LogP contribution in [0.3, 0.4) is 0 Å². The number of thioether (sulfide) groups is 1. The van der Waals surface area contributed by atoms with Crippen LogP contribution in [0, 0.1) is 6.92 Å². The van der Waals surface area contributed by atoms with Gasteiger partial charge >= 0.3 is 0 Å². The lowest BCUT2D eigenvalue weighted by Gasteiger charge is -2.13. The first kappa shape index (κ1) is 14.3. The minimum absolute atomic E-state index is 1.06. The summed E-state index contributed by atoms with van der Waals surface area (Å²) in [5.74, 6) is 0. The van der Waals surface area contributed by atoms with Gasteiger partial charge in [0.05, 0.1) is 5.52 Å². The van der Waals surface area contributed by atoms with Crippen LogP contribution in [0.5, 0.6) is 0 Å². The van der Waals surface area contributed by atoms with Crippen molar-refractivity contribution in [1.29, 1.82) is 0 Å². The third-order valence-corrected chi connectivity index (χ3v) is 5.25. The third-order valence-electron chi connectivity index (χ3n) is 4.43. The molecule has 0 amide bonds. The van der Waals surface area contributed by atoms with Crippen molar-refractivity contribution in [3.8, 4) is 11.1 Å². The Morgan fingerprint density at radius 3 is 2.39 bits per heavy atom. The summed E-state index contributed by atoms with van der Waals surface area (Å²) in [6.07, 6.45) is 2.16. The summed E-state index contributed by atoms with van der Waals surface area (Å²) in [6, 6.07) is 19.1. The van der Waals surface area contributed by atoms with E-state index in [9.17, 15) is 0 Å². The fourth-order valence-corrected chi connectivity index (χ4v) is 4.26. The van der Waals surface area contributed by atoms with Gasteiger partial charge in [-0.3, -0.25) is 0 Å². The Bertz CT molecular complexity index is 1020. The van der Waals surface area contributed by atoms with Gasteiger partial charge in [-0.15, -0.1) is 11.8 Å². The highest BCUT2D eigenvalue weighted by Crippen LogP contribution is 2.41. The van der Waals surface area contributed by atoms with Crippen LogP contribution in [0.1, 0.15) is 5.69 Å². The number of para-hydroxylation sites is 1. The van der Waals surface area contributed by atoms with Crippen molar-refractivity contribution in [2.75, 3.05) is 6.26 Å². The number of aryl methyl sites for hydroxylation is 2. The molecule has 0 unspecified atom stereocenters. The van der Waals surface area contributed by atoms with Crippen LogP contribution >= 0.6 is 11.8 Å². The Labute approximate surface area is 140 Å². The van der Waals surface area contributed by atoms with E-state index >= 15 is 0 Å². The minimum Gasteiger partial charge on any atom is -0.328 e. The van der Waals surface area contributed by atoms with Gasteiger partial charge in [0, 0.05) is 34.0 Å². The van der Waals surface area contributed by atoms with E-state index in [1.54, 1.807) is 0 Å². The molecule has 2 aromatic carbocycles. The highest BCUT2D eigenvalue weighted by Gasteiger charge is 2.19. The molecule has 3 heteroatoms. The molecule has 0 aliphatic carbocycles. The molecule has 114 valence electrons. The summed E-state index contributed by atoms with van der Waals surface area (Å²) in [4.78, 5) is 6.26. The van der Waals surface area contributed by atoms with E-state index in [4.69, 9.17) is 4.98 Å². The zero-order chi connectivity index (χ0) is 16.0. The van der Waals surface area contributed by atoms with Gasteiger partial charge < -0.3 is 4.57 Å². The smallest absolute Gasteiger partial charge is 0.142 e. The summed E-state index contributed by atoms with van der Waals surface area (Å²) >= 11 is 1.81. The second kappa shape index (κ2) is 5.43. The van der Waals surface area contributed by atoms with E-state index in [-0.39, 0.29) is 0 Å². The van der Waals surface area contributed by atoms with E-state index in [2.05, 4.69) is 79.4 Å². The van der Waals surface area contributed by atoms with Crippen LogP contribution in [-0.2, 0) is 7.05 Å². The molecule has 23 heavy (non-hydrogen) atoms. The van der Waals surface area contributed by atoms with Crippen molar-refractivity contribution in [3.05, 3.63) is 60.3 Å². The molecule has 4 aromatic rings. The molecule has 0 saturated heterocycles. The summed E-state index contributed by atoms with van der Waals surface area (Å²) in [6.45, 7) is 2.11. The molecule has 0 radical (unpaired) electrons. The van der Waals surface area contributed by atoms with Crippen LogP contribution < -0.4 is 0 Å². The van der Waals surface area contributed by atoms with Crippen LogP contribution in [0.4, 0.5) is 0 Å². The Morgan fingerprint density at radius 1 is 0.957 bits per heavy atom. The summed E-state index contributed by atoms with van der Waals surface area (Å²) in [5, 5.41) is 2.54. The molecule has 2 aromatic heterocycles. The average molecular weight is 318 g/mol. The first-order valence-corrected chi connectivity index (χ1v) is 8.92. The molecule has 0 fully saturated rings. The van der Waals surface area contributed by atoms with Crippen molar-refractivity contribution in [3.63, 3.8) is 0 Å². The molecule has 0 saturated carbocycles. The number of fused-ring (bicyclic) bond motifs is 3. The standard InChI is InChI=1S/C20H18N2S/c1-13-17(14-9-5-4-6-10-14)19(23-3)18-15-11-7-8-12-16(15)22(2)20(18)21-13/h4-12H,1-3H3. The fraction of sp³-hybridized carbons (Fsp3) is 0.150. The molecule has 0 N–H and O–H groups in total. The van der Waals surface area contributed by atoms with Crippen molar-refractivity contribution in [2.45, 2.75) is 11.8 Å². The molecule has 4 rings (SSSR count). The van der Waals surface area contributed by atoms with Gasteiger partial charge in [-0.05, 0) is 24.8 Å². The quantitative estimate of drug-likeness (QED) is 0.459. The van der Waals surface area contributed by atoms with Gasteiger partial charge in [-0.2, -0.15) is 0 Å². The van der Waals surface area contributed by atoms with Gasteiger partial charge in [-0.1, -0.05) is 48.5 Å². The molecule has 2 nitrogen and oxygen atoms in total. The number of nitrogens with zero attached hydrogens (tertiary/aromatic N) is 2. The summed E-state index contributed by atoms with van der Waals surface area (Å²) < 4.78 is 2.20. The number of hydrogen-bond acceptors (Lipinski definition) is 2. The van der Waals surface area contributed by atoms with Gasteiger partial charge in [0.25, 0.3) is 0 Å². The number of benzene rings is 2. The van der Waals surface area contributed by atoms with Gasteiger partial charge in [-0.25, -0.2) is 4.98 Å². The third kappa shape index (κ3) is 2.07. The van der Waals surface area contributed by atoms with E-state index in [1.165, 1.54) is 32.3 Å². The summed E-state index contributed by atoms with van der Waals surface area (Å²) in [5.41, 5.74) is 5.86. The maximum atomic E-state index is 4.95. The van der Waals surface area contributed by atoms with Crippen LogP contribution in [0.25, 0.3) is 33.1 Å². The largest absolute Gasteiger partial charge is 0.328 e. The number of aromatic nitrogens is 2. The SMILES string of the molecule is CSc1c(-c2ccccc2)c(C)nc2c1c1ccccc1n2C. The van der Waals surface area contributed by atoms with Crippen molar-refractivity contribution >= 4 is 33.7 Å². The zero-order valence-corrected chi connectivity index (χ0v) is 14.3. The Hall–Kier alpha value is -2.26. The van der Waals surface area contributed by atoms with Gasteiger partial charge in [0.1, 0.15) is 5.65 Å². The van der Waals surface area contributed by atoms with Gasteiger partial charge in [0.15, 0.2) is 0 Å². The number of pyridine rings is 1. The lowest BCUT2D eigenvalue weighted by molar-refractivity contribution is 0.980. The molecule has 0 bridgehead atoms. The first-order valence-electron chi connectivity index (χ1n) is 7.69. The van der Waals surface area contributed by atoms with Crippen molar-refractivity contribution < 1.29 is 0 Å². The average Bonchev–Trinajstić information content (AvgIpc) is 2.87. The lowest BCUT2D eigenvalue weighted by atomic mass is 10.0. The predicted molar refractivity (Wildman–Crippen MR) is 100 cm³/mol. The summed E-state index contributed by atoms with van der Waals surface area (Å²) in [7, 11) is 2.10.